The van der Waals surface area contributed by atoms with E-state index in [9.17, 15) is 5.11 Å². The van der Waals surface area contributed by atoms with Crippen molar-refractivity contribution in [2.45, 2.75) is 32.3 Å². The Morgan fingerprint density at radius 2 is 1.94 bits per heavy atom. The monoisotopic (exact) mass is 234 g/mol. The molecule has 3 heteroatoms. The van der Waals surface area contributed by atoms with E-state index in [2.05, 4.69) is 0 Å². The maximum atomic E-state index is 9.39. The van der Waals surface area contributed by atoms with E-state index in [-0.39, 0.29) is 11.5 Å². The van der Waals surface area contributed by atoms with Crippen LogP contribution in [0, 0.1) is 5.41 Å². The van der Waals surface area contributed by atoms with Gasteiger partial charge in [-0.3, -0.25) is 0 Å². The van der Waals surface area contributed by atoms with Gasteiger partial charge < -0.3 is 14.6 Å². The van der Waals surface area contributed by atoms with Crippen molar-refractivity contribution in [3.8, 4) is 11.5 Å². The quantitative estimate of drug-likeness (QED) is 0.852. The van der Waals surface area contributed by atoms with Gasteiger partial charge in [-0.15, -0.1) is 0 Å². The van der Waals surface area contributed by atoms with E-state index in [0.717, 1.165) is 30.3 Å². The Bertz CT molecular complexity index is 421. The zero-order valence-electron chi connectivity index (χ0n) is 10.1. The van der Waals surface area contributed by atoms with Crippen molar-refractivity contribution >= 4 is 0 Å². The molecule has 1 aromatic carbocycles. The minimum Gasteiger partial charge on any atom is -0.489 e. The van der Waals surface area contributed by atoms with Gasteiger partial charge in [-0.05, 0) is 43.9 Å². The van der Waals surface area contributed by atoms with E-state index >= 15 is 0 Å². The molecule has 0 radical (unpaired) electrons. The van der Waals surface area contributed by atoms with Crippen LogP contribution in [-0.4, -0.2) is 24.4 Å². The van der Waals surface area contributed by atoms with Crippen molar-refractivity contribution in [1.29, 1.82) is 0 Å². The van der Waals surface area contributed by atoms with Crippen LogP contribution in [-0.2, 0) is 6.42 Å². The summed E-state index contributed by atoms with van der Waals surface area (Å²) < 4.78 is 11.6. The third-order valence-corrected chi connectivity index (χ3v) is 3.56. The topological polar surface area (TPSA) is 38.7 Å². The molecule has 0 aromatic heterocycles. The molecule has 0 saturated heterocycles. The first-order valence-electron chi connectivity index (χ1n) is 6.24. The first kappa shape index (κ1) is 10.9. The second-order valence-electron chi connectivity index (χ2n) is 5.41. The zero-order valence-corrected chi connectivity index (χ0v) is 10.1. The van der Waals surface area contributed by atoms with Crippen LogP contribution in [0.2, 0.25) is 0 Å². The lowest BCUT2D eigenvalue weighted by atomic mass is 10.1. The fourth-order valence-electron chi connectivity index (χ4n) is 2.22. The first-order chi connectivity index (χ1) is 8.17. The van der Waals surface area contributed by atoms with Gasteiger partial charge in [0, 0.05) is 5.41 Å². The zero-order chi connectivity index (χ0) is 11.9. The molecule has 1 aliphatic heterocycles. The van der Waals surface area contributed by atoms with Gasteiger partial charge in [0.15, 0.2) is 11.5 Å². The molecule has 3 rings (SSSR count). The van der Waals surface area contributed by atoms with Crippen LogP contribution in [0.25, 0.3) is 0 Å². The van der Waals surface area contributed by atoms with Gasteiger partial charge in [0.05, 0.1) is 19.3 Å². The minimum absolute atomic E-state index is 0.281. The summed E-state index contributed by atoms with van der Waals surface area (Å²) >= 11 is 0. The predicted molar refractivity (Wildman–Crippen MR) is 64.5 cm³/mol. The summed E-state index contributed by atoms with van der Waals surface area (Å²) in [4.78, 5) is 0. The molecule has 17 heavy (non-hydrogen) atoms. The molecule has 1 spiro atoms. The Labute approximate surface area is 101 Å². The molecule has 0 bridgehead atoms. The number of aliphatic hydroxyl groups excluding tert-OH is 1. The second kappa shape index (κ2) is 3.91. The fourth-order valence-corrected chi connectivity index (χ4v) is 2.22. The van der Waals surface area contributed by atoms with E-state index in [4.69, 9.17) is 9.47 Å². The molecule has 2 aliphatic rings. The largest absolute Gasteiger partial charge is 0.489 e. The molecular formula is C14H18O3. The van der Waals surface area contributed by atoms with Crippen LogP contribution in [0.5, 0.6) is 11.5 Å². The second-order valence-corrected chi connectivity index (χ2v) is 5.41. The number of aliphatic hydroxyl groups is 1. The predicted octanol–water partition coefficient (Wildman–Crippen LogP) is 2.16. The number of benzene rings is 1. The average molecular weight is 234 g/mol. The van der Waals surface area contributed by atoms with Crippen LogP contribution in [0.15, 0.2) is 18.2 Å². The van der Waals surface area contributed by atoms with E-state index in [1.165, 1.54) is 12.8 Å². The van der Waals surface area contributed by atoms with Gasteiger partial charge in [-0.25, -0.2) is 0 Å². The van der Waals surface area contributed by atoms with Gasteiger partial charge in [0.2, 0.25) is 0 Å². The molecule has 0 amide bonds. The summed E-state index contributed by atoms with van der Waals surface area (Å²) in [6.07, 6.45) is 2.75. The highest BCUT2D eigenvalue weighted by Gasteiger charge is 2.46. The molecule has 1 unspecified atom stereocenters. The highest BCUT2D eigenvalue weighted by atomic mass is 16.5. The molecule has 1 N–H and O–H groups in total. The van der Waals surface area contributed by atoms with E-state index in [0.29, 0.717) is 6.42 Å². The molecule has 1 atom stereocenters. The number of fused-ring (bicyclic) bond motifs is 1. The highest BCUT2D eigenvalue weighted by Crippen LogP contribution is 2.49. The third-order valence-electron chi connectivity index (χ3n) is 3.56. The first-order valence-corrected chi connectivity index (χ1v) is 6.24. The van der Waals surface area contributed by atoms with Crippen molar-refractivity contribution in [1.82, 2.24) is 0 Å². The summed E-state index contributed by atoms with van der Waals surface area (Å²) in [5, 5.41) is 9.39. The van der Waals surface area contributed by atoms with Gasteiger partial charge in [-0.2, -0.15) is 0 Å². The van der Waals surface area contributed by atoms with Crippen LogP contribution in [0.1, 0.15) is 25.3 Å². The van der Waals surface area contributed by atoms with Crippen LogP contribution in [0.4, 0.5) is 0 Å². The number of hydrogen-bond acceptors (Lipinski definition) is 3. The summed E-state index contributed by atoms with van der Waals surface area (Å²) in [5.74, 6) is 1.66. The van der Waals surface area contributed by atoms with Crippen molar-refractivity contribution in [2.75, 3.05) is 13.2 Å². The highest BCUT2D eigenvalue weighted by molar-refractivity contribution is 5.44. The average Bonchev–Trinajstić information content (AvgIpc) is 3.07. The SMILES string of the molecule is CC(O)Cc1ccc2c(c1)OCC1(CC1)CO2. The molecule has 1 aromatic rings. The lowest BCUT2D eigenvalue weighted by molar-refractivity contribution is 0.194. The molecule has 1 heterocycles. The van der Waals surface area contributed by atoms with Crippen molar-refractivity contribution in [3.05, 3.63) is 23.8 Å². The summed E-state index contributed by atoms with van der Waals surface area (Å²) in [6, 6.07) is 5.94. The molecular weight excluding hydrogens is 216 g/mol. The summed E-state index contributed by atoms with van der Waals surface area (Å²) in [6.45, 7) is 3.33. The third kappa shape index (κ3) is 2.25. The Kier molecular flexibility index (Phi) is 2.51. The van der Waals surface area contributed by atoms with E-state index in [1.54, 1.807) is 6.92 Å². The summed E-state index contributed by atoms with van der Waals surface area (Å²) in [5.41, 5.74) is 1.37. The maximum Gasteiger partial charge on any atom is 0.161 e. The Balaban J connectivity index is 1.81. The number of hydrogen-bond donors (Lipinski definition) is 1. The van der Waals surface area contributed by atoms with Crippen molar-refractivity contribution in [2.24, 2.45) is 5.41 Å². The Hall–Kier alpha value is -1.22. The molecule has 1 aliphatic carbocycles. The number of rotatable bonds is 2. The minimum atomic E-state index is -0.325. The van der Waals surface area contributed by atoms with Gasteiger partial charge >= 0.3 is 0 Å². The van der Waals surface area contributed by atoms with E-state index in [1.807, 2.05) is 18.2 Å². The van der Waals surface area contributed by atoms with Crippen LogP contribution < -0.4 is 9.47 Å². The molecule has 1 fully saturated rings. The number of ether oxygens (including phenoxy) is 2. The molecule has 3 nitrogen and oxygen atoms in total. The Morgan fingerprint density at radius 3 is 2.59 bits per heavy atom. The van der Waals surface area contributed by atoms with Crippen molar-refractivity contribution in [3.63, 3.8) is 0 Å². The normalized spacial score (nSPS) is 22.0. The maximum absolute atomic E-state index is 9.39. The smallest absolute Gasteiger partial charge is 0.161 e. The van der Waals surface area contributed by atoms with Crippen LogP contribution >= 0.6 is 0 Å². The van der Waals surface area contributed by atoms with Gasteiger partial charge in [-0.1, -0.05) is 6.07 Å². The lowest BCUT2D eigenvalue weighted by Gasteiger charge is -2.10. The lowest BCUT2D eigenvalue weighted by Crippen LogP contribution is -2.17. The molecule has 92 valence electrons. The Morgan fingerprint density at radius 1 is 1.24 bits per heavy atom. The molecule has 1 saturated carbocycles. The summed E-state index contributed by atoms with van der Waals surface area (Å²) in [7, 11) is 0. The van der Waals surface area contributed by atoms with Gasteiger partial charge in [0.25, 0.3) is 0 Å². The van der Waals surface area contributed by atoms with Gasteiger partial charge in [0.1, 0.15) is 0 Å². The van der Waals surface area contributed by atoms with Crippen molar-refractivity contribution < 1.29 is 14.6 Å². The van der Waals surface area contributed by atoms with E-state index < -0.39 is 0 Å². The van der Waals surface area contributed by atoms with Crippen LogP contribution in [0.3, 0.4) is 0 Å². The standard InChI is InChI=1S/C14H18O3/c1-10(15)6-11-2-3-12-13(7-11)17-9-14(4-5-14)8-16-12/h2-3,7,10,15H,4-6,8-9H2,1H3. The fraction of sp³-hybridized carbons (Fsp3) is 0.571.